The molecule has 0 saturated carbocycles. The Hall–Kier alpha value is -3.48. The Labute approximate surface area is 156 Å². The molecule has 0 fully saturated rings. The molecule has 2 amide bonds. The van der Waals surface area contributed by atoms with Crippen LogP contribution in [0, 0.1) is 0 Å². The Bertz CT molecular complexity index is 931. The fraction of sp³-hybridized carbons (Fsp3) is 0.200. The fourth-order valence-corrected chi connectivity index (χ4v) is 2.61. The number of methoxy groups -OCH3 is 2. The second kappa shape index (κ2) is 8.27. The molecule has 0 spiro atoms. The Kier molecular flexibility index (Phi) is 5.61. The van der Waals surface area contributed by atoms with Crippen molar-refractivity contribution in [3.05, 3.63) is 59.9 Å². The highest BCUT2D eigenvalue weighted by atomic mass is 16.5. The lowest BCUT2D eigenvalue weighted by atomic mass is 10.2. The van der Waals surface area contributed by atoms with Crippen molar-refractivity contribution in [2.45, 2.75) is 6.54 Å². The third kappa shape index (κ3) is 4.38. The van der Waals surface area contributed by atoms with E-state index in [9.17, 15) is 9.59 Å². The van der Waals surface area contributed by atoms with Gasteiger partial charge in [-0.25, -0.2) is 0 Å². The molecule has 3 rings (SSSR count). The maximum atomic E-state index is 12.2. The van der Waals surface area contributed by atoms with Gasteiger partial charge in [0.2, 0.25) is 5.91 Å². The number of hydrogen-bond acceptors (Lipinski definition) is 5. The standard InChI is InChI=1S/C20H20N2O5/c1-25-17-8-7-14(10-18(17)26-2)20(24)22-12-19(23)21-11-15-9-13-5-3-4-6-16(13)27-15/h3-10H,11-12H2,1-2H3,(H,21,23)(H,22,24). The number of para-hydroxylation sites is 1. The van der Waals surface area contributed by atoms with Crippen molar-refractivity contribution in [3.8, 4) is 11.5 Å². The second-order valence-corrected chi connectivity index (χ2v) is 5.78. The number of carbonyl (C=O) groups excluding carboxylic acids is 2. The van der Waals surface area contributed by atoms with E-state index in [1.54, 1.807) is 18.2 Å². The average molecular weight is 368 g/mol. The minimum absolute atomic E-state index is 0.145. The predicted molar refractivity (Wildman–Crippen MR) is 99.9 cm³/mol. The quantitative estimate of drug-likeness (QED) is 0.669. The molecule has 0 aliphatic rings. The van der Waals surface area contributed by atoms with Gasteiger partial charge >= 0.3 is 0 Å². The highest BCUT2D eigenvalue weighted by Gasteiger charge is 2.12. The second-order valence-electron chi connectivity index (χ2n) is 5.78. The van der Waals surface area contributed by atoms with Crippen molar-refractivity contribution in [1.29, 1.82) is 0 Å². The van der Waals surface area contributed by atoms with E-state index in [0.29, 0.717) is 22.8 Å². The lowest BCUT2D eigenvalue weighted by Crippen LogP contribution is -2.36. The minimum Gasteiger partial charge on any atom is -0.493 e. The van der Waals surface area contributed by atoms with Crippen LogP contribution in [0.5, 0.6) is 11.5 Å². The first-order valence-electron chi connectivity index (χ1n) is 8.35. The van der Waals surface area contributed by atoms with E-state index >= 15 is 0 Å². The third-order valence-corrected chi connectivity index (χ3v) is 3.99. The van der Waals surface area contributed by atoms with Gasteiger partial charge in [-0.15, -0.1) is 0 Å². The number of carbonyl (C=O) groups is 2. The van der Waals surface area contributed by atoms with E-state index in [4.69, 9.17) is 13.9 Å². The Morgan fingerprint density at radius 1 is 0.963 bits per heavy atom. The zero-order valence-corrected chi connectivity index (χ0v) is 15.1. The summed E-state index contributed by atoms with van der Waals surface area (Å²) in [5.74, 6) is 0.923. The molecule has 0 aliphatic carbocycles. The molecule has 140 valence electrons. The summed E-state index contributed by atoms with van der Waals surface area (Å²) < 4.78 is 15.9. The summed E-state index contributed by atoms with van der Waals surface area (Å²) in [5, 5.41) is 6.26. The number of amides is 2. The van der Waals surface area contributed by atoms with Crippen molar-refractivity contribution in [3.63, 3.8) is 0 Å². The van der Waals surface area contributed by atoms with Gasteiger partial charge in [0.15, 0.2) is 11.5 Å². The van der Waals surface area contributed by atoms with Gasteiger partial charge in [-0.1, -0.05) is 18.2 Å². The van der Waals surface area contributed by atoms with Crippen LogP contribution in [0.15, 0.2) is 52.9 Å². The Morgan fingerprint density at radius 3 is 2.48 bits per heavy atom. The van der Waals surface area contributed by atoms with Crippen molar-refractivity contribution in [1.82, 2.24) is 10.6 Å². The molecule has 3 aromatic rings. The fourth-order valence-electron chi connectivity index (χ4n) is 2.61. The largest absolute Gasteiger partial charge is 0.493 e. The first-order valence-corrected chi connectivity index (χ1v) is 8.35. The van der Waals surface area contributed by atoms with Crippen LogP contribution in [0.1, 0.15) is 16.1 Å². The predicted octanol–water partition coefficient (Wildman–Crippen LogP) is 2.50. The topological polar surface area (TPSA) is 89.8 Å². The lowest BCUT2D eigenvalue weighted by molar-refractivity contribution is -0.120. The molecule has 2 aromatic carbocycles. The van der Waals surface area contributed by atoms with Crippen LogP contribution in [0.4, 0.5) is 0 Å². The van der Waals surface area contributed by atoms with Gasteiger partial charge in [-0.05, 0) is 30.3 Å². The van der Waals surface area contributed by atoms with Crippen LogP contribution in [0.3, 0.4) is 0 Å². The van der Waals surface area contributed by atoms with Gasteiger partial charge in [0.05, 0.1) is 27.3 Å². The molecular formula is C20H20N2O5. The van der Waals surface area contributed by atoms with Crippen LogP contribution in [0.2, 0.25) is 0 Å². The maximum Gasteiger partial charge on any atom is 0.251 e. The first-order chi connectivity index (χ1) is 13.1. The van der Waals surface area contributed by atoms with Crippen molar-refractivity contribution in [2.75, 3.05) is 20.8 Å². The molecule has 0 unspecified atom stereocenters. The lowest BCUT2D eigenvalue weighted by Gasteiger charge is -2.10. The molecular weight excluding hydrogens is 348 g/mol. The number of fused-ring (bicyclic) bond motifs is 1. The first kappa shape index (κ1) is 18.3. The monoisotopic (exact) mass is 368 g/mol. The van der Waals surface area contributed by atoms with Crippen molar-refractivity contribution in [2.24, 2.45) is 0 Å². The van der Waals surface area contributed by atoms with E-state index in [1.165, 1.54) is 14.2 Å². The summed E-state index contributed by atoms with van der Waals surface area (Å²) in [6.07, 6.45) is 0. The molecule has 1 aromatic heterocycles. The summed E-state index contributed by atoms with van der Waals surface area (Å²) in [7, 11) is 3.01. The molecule has 0 aliphatic heterocycles. The third-order valence-electron chi connectivity index (χ3n) is 3.99. The molecule has 0 radical (unpaired) electrons. The molecule has 1 heterocycles. The van der Waals surface area contributed by atoms with E-state index in [-0.39, 0.29) is 24.9 Å². The maximum absolute atomic E-state index is 12.2. The van der Waals surface area contributed by atoms with Gasteiger partial charge in [-0.3, -0.25) is 9.59 Å². The van der Waals surface area contributed by atoms with Gasteiger partial charge in [0, 0.05) is 10.9 Å². The number of nitrogens with one attached hydrogen (secondary N) is 2. The Balaban J connectivity index is 1.51. The molecule has 7 heteroatoms. The molecule has 27 heavy (non-hydrogen) atoms. The normalized spacial score (nSPS) is 10.4. The van der Waals surface area contributed by atoms with Crippen LogP contribution in [-0.2, 0) is 11.3 Å². The smallest absolute Gasteiger partial charge is 0.251 e. The summed E-state index contributed by atoms with van der Waals surface area (Å²) in [5.41, 5.74) is 1.14. The van der Waals surface area contributed by atoms with Crippen LogP contribution < -0.4 is 20.1 Å². The summed E-state index contributed by atoms with van der Waals surface area (Å²) >= 11 is 0. The minimum atomic E-state index is -0.380. The van der Waals surface area contributed by atoms with E-state index in [0.717, 1.165) is 11.0 Å². The number of benzene rings is 2. The zero-order chi connectivity index (χ0) is 19.2. The van der Waals surface area contributed by atoms with E-state index in [2.05, 4.69) is 10.6 Å². The average Bonchev–Trinajstić information content (AvgIpc) is 3.12. The summed E-state index contributed by atoms with van der Waals surface area (Å²) in [6.45, 7) is 0.104. The number of furan rings is 1. The van der Waals surface area contributed by atoms with Crippen molar-refractivity contribution >= 4 is 22.8 Å². The van der Waals surface area contributed by atoms with Gasteiger partial charge in [-0.2, -0.15) is 0 Å². The van der Waals surface area contributed by atoms with Gasteiger partial charge in [0.25, 0.3) is 5.91 Å². The molecule has 7 nitrogen and oxygen atoms in total. The molecule has 0 bridgehead atoms. The number of rotatable bonds is 7. The summed E-state index contributed by atoms with van der Waals surface area (Å²) in [6, 6.07) is 14.3. The SMILES string of the molecule is COc1ccc(C(=O)NCC(=O)NCc2cc3ccccc3o2)cc1OC. The van der Waals surface area contributed by atoms with Crippen LogP contribution >= 0.6 is 0 Å². The number of hydrogen-bond donors (Lipinski definition) is 2. The van der Waals surface area contributed by atoms with E-state index in [1.807, 2.05) is 30.3 Å². The Morgan fingerprint density at radius 2 is 1.74 bits per heavy atom. The summed E-state index contributed by atoms with van der Waals surface area (Å²) in [4.78, 5) is 24.2. The molecule has 2 N–H and O–H groups in total. The molecule has 0 atom stereocenters. The zero-order valence-electron chi connectivity index (χ0n) is 15.1. The highest BCUT2D eigenvalue weighted by molar-refractivity contribution is 5.97. The highest BCUT2D eigenvalue weighted by Crippen LogP contribution is 2.27. The van der Waals surface area contributed by atoms with Gasteiger partial charge < -0.3 is 24.5 Å². The molecule has 0 saturated heterocycles. The number of ether oxygens (including phenoxy) is 2. The van der Waals surface area contributed by atoms with E-state index < -0.39 is 0 Å². The van der Waals surface area contributed by atoms with Gasteiger partial charge in [0.1, 0.15) is 11.3 Å². The van der Waals surface area contributed by atoms with Crippen molar-refractivity contribution < 1.29 is 23.5 Å². The van der Waals surface area contributed by atoms with Crippen LogP contribution in [-0.4, -0.2) is 32.6 Å². The van der Waals surface area contributed by atoms with Crippen LogP contribution in [0.25, 0.3) is 11.0 Å².